The van der Waals surface area contributed by atoms with Gasteiger partial charge in [0, 0.05) is 12.6 Å². The third-order valence-corrected chi connectivity index (χ3v) is 4.43. The number of methoxy groups -OCH3 is 2. The van der Waals surface area contributed by atoms with Gasteiger partial charge in [-0.05, 0) is 12.8 Å². The average molecular weight is 294 g/mol. The van der Waals surface area contributed by atoms with Gasteiger partial charge in [-0.3, -0.25) is 4.79 Å². The Bertz CT molecular complexity index is 435. The number of hydrogen-bond donors (Lipinski definition) is 1. The molecular formula is C10H18N2O6S. The molecule has 1 fully saturated rings. The summed E-state index contributed by atoms with van der Waals surface area (Å²) in [7, 11) is -1.67. The van der Waals surface area contributed by atoms with Crippen LogP contribution in [0.2, 0.25) is 0 Å². The van der Waals surface area contributed by atoms with Crippen LogP contribution in [0.15, 0.2) is 0 Å². The molecule has 1 unspecified atom stereocenters. The van der Waals surface area contributed by atoms with E-state index in [1.54, 1.807) is 4.72 Å². The van der Waals surface area contributed by atoms with Gasteiger partial charge in [-0.15, -0.1) is 0 Å². The standard InChI is InChI=1S/C10H18N2O6S/c1-17-9(13)7-8-5-3-4-6-12(8)19(15,16)11-10(14)18-2/h8H,3-7H2,1-2H3,(H,11,14). The van der Waals surface area contributed by atoms with Gasteiger partial charge in [0.1, 0.15) is 0 Å². The second-order valence-electron chi connectivity index (χ2n) is 4.14. The fourth-order valence-corrected chi connectivity index (χ4v) is 3.33. The Morgan fingerprint density at radius 2 is 1.95 bits per heavy atom. The van der Waals surface area contributed by atoms with Crippen LogP contribution in [-0.4, -0.2) is 51.6 Å². The zero-order chi connectivity index (χ0) is 14.5. The third kappa shape index (κ3) is 4.35. The van der Waals surface area contributed by atoms with Gasteiger partial charge in [0.05, 0.1) is 20.6 Å². The molecule has 0 radical (unpaired) electrons. The fraction of sp³-hybridized carbons (Fsp3) is 0.800. The van der Waals surface area contributed by atoms with Gasteiger partial charge in [0.2, 0.25) is 0 Å². The van der Waals surface area contributed by atoms with E-state index in [1.807, 2.05) is 0 Å². The molecule has 1 rings (SSSR count). The first-order valence-corrected chi connectivity index (χ1v) is 7.29. The number of hydrogen-bond acceptors (Lipinski definition) is 6. The lowest BCUT2D eigenvalue weighted by atomic mass is 10.0. The number of ether oxygens (including phenoxy) is 2. The molecule has 0 spiro atoms. The van der Waals surface area contributed by atoms with E-state index < -0.39 is 28.3 Å². The summed E-state index contributed by atoms with van der Waals surface area (Å²) in [5.41, 5.74) is 0. The minimum atomic E-state index is -4.00. The van der Waals surface area contributed by atoms with Gasteiger partial charge in [0.15, 0.2) is 0 Å². The Hall–Kier alpha value is -1.35. The topological polar surface area (TPSA) is 102 Å². The van der Waals surface area contributed by atoms with Gasteiger partial charge in [-0.1, -0.05) is 6.42 Å². The minimum Gasteiger partial charge on any atom is -0.469 e. The highest BCUT2D eigenvalue weighted by atomic mass is 32.2. The molecule has 1 heterocycles. The fourth-order valence-electron chi connectivity index (χ4n) is 1.98. The van der Waals surface area contributed by atoms with Crippen molar-refractivity contribution < 1.29 is 27.5 Å². The second-order valence-corrected chi connectivity index (χ2v) is 5.76. The highest BCUT2D eigenvalue weighted by molar-refractivity contribution is 7.87. The number of nitrogens with zero attached hydrogens (tertiary/aromatic N) is 1. The predicted molar refractivity (Wildman–Crippen MR) is 65.4 cm³/mol. The molecule has 0 aromatic rings. The van der Waals surface area contributed by atoms with E-state index in [9.17, 15) is 18.0 Å². The molecule has 1 amide bonds. The van der Waals surface area contributed by atoms with E-state index in [4.69, 9.17) is 0 Å². The monoisotopic (exact) mass is 294 g/mol. The molecule has 0 aliphatic carbocycles. The minimum absolute atomic E-state index is 0.0292. The summed E-state index contributed by atoms with van der Waals surface area (Å²) in [5.74, 6) is -0.481. The second kappa shape index (κ2) is 6.71. The number of piperidine rings is 1. The number of amides is 1. The predicted octanol–water partition coefficient (Wildman–Crippen LogP) is 0.00480. The zero-order valence-corrected chi connectivity index (χ0v) is 11.7. The largest absolute Gasteiger partial charge is 0.469 e. The zero-order valence-electron chi connectivity index (χ0n) is 10.9. The first-order chi connectivity index (χ1) is 8.90. The lowest BCUT2D eigenvalue weighted by molar-refractivity contribution is -0.141. The van der Waals surface area contributed by atoms with Gasteiger partial charge < -0.3 is 9.47 Å². The van der Waals surface area contributed by atoms with Crippen LogP contribution in [0.1, 0.15) is 25.7 Å². The third-order valence-electron chi connectivity index (χ3n) is 2.91. The lowest BCUT2D eigenvalue weighted by Crippen LogP contribution is -2.51. The molecule has 0 saturated carbocycles. The lowest BCUT2D eigenvalue weighted by Gasteiger charge is -2.33. The smallest absolute Gasteiger partial charge is 0.421 e. The van der Waals surface area contributed by atoms with Gasteiger partial charge in [-0.25, -0.2) is 9.52 Å². The van der Waals surface area contributed by atoms with Gasteiger partial charge in [0.25, 0.3) is 0 Å². The Morgan fingerprint density at radius 3 is 2.53 bits per heavy atom. The van der Waals surface area contributed by atoms with Gasteiger partial charge >= 0.3 is 22.3 Å². The van der Waals surface area contributed by atoms with Crippen molar-refractivity contribution in [3.05, 3.63) is 0 Å². The van der Waals surface area contributed by atoms with Crippen molar-refractivity contribution in [3.8, 4) is 0 Å². The van der Waals surface area contributed by atoms with Crippen molar-refractivity contribution in [1.82, 2.24) is 9.03 Å². The molecule has 0 aromatic heterocycles. The molecule has 1 aliphatic heterocycles. The number of esters is 1. The summed E-state index contributed by atoms with van der Waals surface area (Å²) < 4.78 is 35.7. The van der Waals surface area contributed by atoms with Crippen LogP contribution in [0, 0.1) is 0 Å². The molecule has 1 saturated heterocycles. The Labute approximate surface area is 112 Å². The van der Waals surface area contributed by atoms with E-state index in [0.717, 1.165) is 17.8 Å². The Kier molecular flexibility index (Phi) is 5.55. The quantitative estimate of drug-likeness (QED) is 0.732. The normalized spacial score (nSPS) is 20.6. The molecule has 8 nitrogen and oxygen atoms in total. The van der Waals surface area contributed by atoms with Crippen molar-refractivity contribution in [3.63, 3.8) is 0 Å². The van der Waals surface area contributed by atoms with E-state index in [-0.39, 0.29) is 13.0 Å². The van der Waals surface area contributed by atoms with E-state index in [1.165, 1.54) is 7.11 Å². The summed E-state index contributed by atoms with van der Waals surface area (Å²) in [5, 5.41) is 0. The van der Waals surface area contributed by atoms with Crippen LogP contribution in [0.3, 0.4) is 0 Å². The SMILES string of the molecule is COC(=O)CC1CCCCN1S(=O)(=O)NC(=O)OC. The molecule has 9 heteroatoms. The molecule has 1 atom stereocenters. The van der Waals surface area contributed by atoms with Crippen LogP contribution >= 0.6 is 0 Å². The molecule has 110 valence electrons. The summed E-state index contributed by atoms with van der Waals surface area (Å²) in [4.78, 5) is 22.3. The number of carbonyl (C=O) groups excluding carboxylic acids is 2. The number of nitrogens with one attached hydrogen (secondary N) is 1. The summed E-state index contributed by atoms with van der Waals surface area (Å²) in [6, 6.07) is -0.497. The van der Waals surface area contributed by atoms with Crippen molar-refractivity contribution in [2.45, 2.75) is 31.7 Å². The molecular weight excluding hydrogens is 276 g/mol. The van der Waals surface area contributed by atoms with E-state index in [2.05, 4.69) is 9.47 Å². The average Bonchev–Trinajstić information content (AvgIpc) is 2.38. The van der Waals surface area contributed by atoms with E-state index >= 15 is 0 Å². The first kappa shape index (κ1) is 15.7. The van der Waals surface area contributed by atoms with Crippen LogP contribution < -0.4 is 4.72 Å². The van der Waals surface area contributed by atoms with Crippen molar-refractivity contribution in [2.75, 3.05) is 20.8 Å². The Balaban J connectivity index is 2.81. The highest BCUT2D eigenvalue weighted by Gasteiger charge is 2.34. The highest BCUT2D eigenvalue weighted by Crippen LogP contribution is 2.22. The van der Waals surface area contributed by atoms with Crippen LogP contribution in [0.5, 0.6) is 0 Å². The maximum Gasteiger partial charge on any atom is 0.421 e. The maximum absolute atomic E-state index is 12.0. The van der Waals surface area contributed by atoms with Crippen molar-refractivity contribution in [1.29, 1.82) is 0 Å². The summed E-state index contributed by atoms with van der Waals surface area (Å²) >= 11 is 0. The molecule has 1 aliphatic rings. The van der Waals surface area contributed by atoms with Crippen molar-refractivity contribution >= 4 is 22.3 Å². The summed E-state index contributed by atoms with van der Waals surface area (Å²) in [6.45, 7) is 0.258. The summed E-state index contributed by atoms with van der Waals surface area (Å²) in [6.07, 6.45) is 0.976. The van der Waals surface area contributed by atoms with Crippen LogP contribution in [-0.2, 0) is 24.5 Å². The number of rotatable bonds is 4. The maximum atomic E-state index is 12.0. The first-order valence-electron chi connectivity index (χ1n) is 5.85. The van der Waals surface area contributed by atoms with Crippen LogP contribution in [0.4, 0.5) is 4.79 Å². The van der Waals surface area contributed by atoms with Crippen molar-refractivity contribution in [2.24, 2.45) is 0 Å². The number of carbonyl (C=O) groups is 2. The molecule has 0 bridgehead atoms. The van der Waals surface area contributed by atoms with Crippen LogP contribution in [0.25, 0.3) is 0 Å². The van der Waals surface area contributed by atoms with E-state index in [0.29, 0.717) is 12.8 Å². The Morgan fingerprint density at radius 1 is 1.26 bits per heavy atom. The van der Waals surface area contributed by atoms with Gasteiger partial charge in [-0.2, -0.15) is 12.7 Å². The molecule has 0 aromatic carbocycles. The molecule has 19 heavy (non-hydrogen) atoms. The molecule has 1 N–H and O–H groups in total.